The molecule has 148 valence electrons. The molecule has 0 aliphatic carbocycles. The van der Waals surface area contributed by atoms with Crippen molar-refractivity contribution in [1.29, 1.82) is 0 Å². The van der Waals surface area contributed by atoms with Gasteiger partial charge in [-0.3, -0.25) is 14.6 Å². The Balaban J connectivity index is 1.62. The van der Waals surface area contributed by atoms with E-state index in [1.165, 1.54) is 30.6 Å². The van der Waals surface area contributed by atoms with Crippen molar-refractivity contribution in [3.05, 3.63) is 89.5 Å². The quantitative estimate of drug-likeness (QED) is 0.640. The minimum absolute atomic E-state index is 0.238. The minimum atomic E-state index is -0.380. The summed E-state index contributed by atoms with van der Waals surface area (Å²) in [6.45, 7) is 2.70. The molecule has 2 aromatic carbocycles. The van der Waals surface area contributed by atoms with E-state index in [0.29, 0.717) is 18.0 Å². The van der Waals surface area contributed by atoms with Crippen LogP contribution in [0.15, 0.2) is 67.0 Å². The molecule has 0 atom stereocenters. The van der Waals surface area contributed by atoms with Gasteiger partial charge in [0.15, 0.2) is 0 Å². The molecule has 2 N–H and O–H groups in total. The molecule has 0 bridgehead atoms. The second-order valence-corrected chi connectivity index (χ2v) is 6.18. The topological polar surface area (TPSA) is 80.3 Å². The fourth-order valence-electron chi connectivity index (χ4n) is 2.58. The normalized spacial score (nSPS) is 10.3. The number of anilines is 1. The molecule has 0 saturated carbocycles. The van der Waals surface area contributed by atoms with Crippen LogP contribution in [0.2, 0.25) is 0 Å². The SMILES string of the molecule is CCOc1ccc(NC(=O)c2cncc(C(=O)NCc3ccc(F)cc3)c2)cc1. The zero-order valence-corrected chi connectivity index (χ0v) is 15.8. The number of carbonyl (C=O) groups is 2. The number of benzene rings is 2. The predicted octanol–water partition coefficient (Wildman–Crippen LogP) is 3.80. The summed E-state index contributed by atoms with van der Waals surface area (Å²) in [6.07, 6.45) is 2.77. The Morgan fingerprint density at radius 1 is 0.966 bits per heavy atom. The summed E-state index contributed by atoms with van der Waals surface area (Å²) in [5, 5.41) is 5.48. The number of carbonyl (C=O) groups excluding carboxylic acids is 2. The van der Waals surface area contributed by atoms with Gasteiger partial charge in [0.05, 0.1) is 17.7 Å². The van der Waals surface area contributed by atoms with Crippen LogP contribution in [0.5, 0.6) is 5.75 Å². The molecule has 0 radical (unpaired) electrons. The van der Waals surface area contributed by atoms with Crippen molar-refractivity contribution in [3.8, 4) is 5.75 Å². The Kier molecular flexibility index (Phi) is 6.52. The average molecular weight is 393 g/mol. The highest BCUT2D eigenvalue weighted by atomic mass is 19.1. The summed E-state index contributed by atoms with van der Waals surface area (Å²) < 4.78 is 18.3. The van der Waals surface area contributed by atoms with Gasteiger partial charge in [0.1, 0.15) is 11.6 Å². The van der Waals surface area contributed by atoms with Crippen LogP contribution in [-0.2, 0) is 6.54 Å². The molecule has 1 aromatic heterocycles. The van der Waals surface area contributed by atoms with Gasteiger partial charge in [-0.1, -0.05) is 12.1 Å². The summed E-state index contributed by atoms with van der Waals surface area (Å²) in [5.74, 6) is -0.380. The number of nitrogens with one attached hydrogen (secondary N) is 2. The van der Waals surface area contributed by atoms with Crippen LogP contribution in [0.25, 0.3) is 0 Å². The van der Waals surface area contributed by atoms with E-state index >= 15 is 0 Å². The van der Waals surface area contributed by atoms with E-state index in [4.69, 9.17) is 4.74 Å². The minimum Gasteiger partial charge on any atom is -0.494 e. The maximum atomic E-state index is 12.9. The highest BCUT2D eigenvalue weighted by Crippen LogP contribution is 2.16. The van der Waals surface area contributed by atoms with Gasteiger partial charge in [-0.15, -0.1) is 0 Å². The lowest BCUT2D eigenvalue weighted by molar-refractivity contribution is 0.0950. The van der Waals surface area contributed by atoms with Crippen LogP contribution in [0.4, 0.5) is 10.1 Å². The van der Waals surface area contributed by atoms with E-state index in [1.807, 2.05) is 6.92 Å². The lowest BCUT2D eigenvalue weighted by Gasteiger charge is -2.09. The third kappa shape index (κ3) is 5.62. The fraction of sp³-hybridized carbons (Fsp3) is 0.136. The first-order valence-electron chi connectivity index (χ1n) is 9.07. The molecule has 0 aliphatic rings. The van der Waals surface area contributed by atoms with Crippen molar-refractivity contribution in [2.24, 2.45) is 0 Å². The Morgan fingerprint density at radius 2 is 1.62 bits per heavy atom. The Bertz CT molecular complexity index is 989. The van der Waals surface area contributed by atoms with Crippen molar-refractivity contribution in [1.82, 2.24) is 10.3 Å². The summed E-state index contributed by atoms with van der Waals surface area (Å²) in [6, 6.07) is 14.3. The highest BCUT2D eigenvalue weighted by Gasteiger charge is 2.12. The van der Waals surface area contributed by atoms with Gasteiger partial charge in [-0.25, -0.2) is 4.39 Å². The smallest absolute Gasteiger partial charge is 0.257 e. The number of aromatic nitrogens is 1. The largest absolute Gasteiger partial charge is 0.494 e. The van der Waals surface area contributed by atoms with E-state index < -0.39 is 0 Å². The summed E-state index contributed by atoms with van der Waals surface area (Å²) in [5.41, 5.74) is 1.88. The maximum absolute atomic E-state index is 12.9. The third-order valence-corrected chi connectivity index (χ3v) is 4.05. The van der Waals surface area contributed by atoms with E-state index in [0.717, 1.165) is 5.56 Å². The molecular formula is C22H20FN3O3. The molecule has 29 heavy (non-hydrogen) atoms. The number of pyridine rings is 1. The van der Waals surface area contributed by atoms with E-state index in [-0.39, 0.29) is 35.3 Å². The molecule has 0 aliphatic heterocycles. The molecule has 2 amide bonds. The van der Waals surface area contributed by atoms with Crippen LogP contribution in [0, 0.1) is 5.82 Å². The van der Waals surface area contributed by atoms with Gasteiger partial charge in [-0.2, -0.15) is 0 Å². The van der Waals surface area contributed by atoms with E-state index in [2.05, 4.69) is 15.6 Å². The third-order valence-electron chi connectivity index (χ3n) is 4.05. The Hall–Kier alpha value is -3.74. The highest BCUT2D eigenvalue weighted by molar-refractivity contribution is 6.05. The van der Waals surface area contributed by atoms with Crippen LogP contribution >= 0.6 is 0 Å². The summed E-state index contributed by atoms with van der Waals surface area (Å²) >= 11 is 0. The van der Waals surface area contributed by atoms with E-state index in [9.17, 15) is 14.0 Å². The van der Waals surface area contributed by atoms with Crippen molar-refractivity contribution >= 4 is 17.5 Å². The molecule has 7 heteroatoms. The van der Waals surface area contributed by atoms with Crippen LogP contribution in [-0.4, -0.2) is 23.4 Å². The van der Waals surface area contributed by atoms with Gasteiger partial charge in [-0.05, 0) is 55.0 Å². The second kappa shape index (κ2) is 9.45. The molecule has 0 saturated heterocycles. The predicted molar refractivity (Wildman–Crippen MR) is 107 cm³/mol. The van der Waals surface area contributed by atoms with Crippen molar-refractivity contribution in [2.75, 3.05) is 11.9 Å². The van der Waals surface area contributed by atoms with Gasteiger partial charge < -0.3 is 15.4 Å². The lowest BCUT2D eigenvalue weighted by Crippen LogP contribution is -2.23. The Labute approximate surface area is 167 Å². The maximum Gasteiger partial charge on any atom is 0.257 e. The first-order valence-corrected chi connectivity index (χ1v) is 9.07. The number of hydrogen-bond acceptors (Lipinski definition) is 4. The molecule has 6 nitrogen and oxygen atoms in total. The first kappa shape index (κ1) is 20.0. The number of hydrogen-bond donors (Lipinski definition) is 2. The average Bonchev–Trinajstić information content (AvgIpc) is 2.75. The van der Waals surface area contributed by atoms with Crippen molar-refractivity contribution < 1.29 is 18.7 Å². The number of nitrogens with zero attached hydrogens (tertiary/aromatic N) is 1. The fourth-order valence-corrected chi connectivity index (χ4v) is 2.58. The zero-order valence-electron chi connectivity index (χ0n) is 15.8. The molecule has 0 spiro atoms. The molecule has 0 unspecified atom stereocenters. The molecule has 1 heterocycles. The second-order valence-electron chi connectivity index (χ2n) is 6.18. The molecule has 3 aromatic rings. The van der Waals surface area contributed by atoms with Gasteiger partial charge >= 0.3 is 0 Å². The zero-order chi connectivity index (χ0) is 20.6. The number of amides is 2. The number of ether oxygens (including phenoxy) is 1. The Morgan fingerprint density at radius 3 is 2.28 bits per heavy atom. The molecule has 0 fully saturated rings. The summed E-state index contributed by atoms with van der Waals surface area (Å²) in [7, 11) is 0. The van der Waals surface area contributed by atoms with Crippen molar-refractivity contribution in [3.63, 3.8) is 0 Å². The van der Waals surface area contributed by atoms with Gasteiger partial charge in [0.25, 0.3) is 11.8 Å². The number of halogens is 1. The van der Waals surface area contributed by atoms with Gasteiger partial charge in [0, 0.05) is 24.6 Å². The van der Waals surface area contributed by atoms with Gasteiger partial charge in [0.2, 0.25) is 0 Å². The monoisotopic (exact) mass is 393 g/mol. The lowest BCUT2D eigenvalue weighted by atomic mass is 10.1. The van der Waals surface area contributed by atoms with E-state index in [1.54, 1.807) is 36.4 Å². The number of rotatable bonds is 7. The standard InChI is InChI=1S/C22H20FN3O3/c1-2-29-20-9-7-19(8-10-20)26-22(28)17-11-16(13-24-14-17)21(27)25-12-15-3-5-18(23)6-4-15/h3-11,13-14H,2,12H2,1H3,(H,25,27)(H,26,28). The summed E-state index contributed by atoms with van der Waals surface area (Å²) in [4.78, 5) is 28.8. The molecule has 3 rings (SSSR count). The van der Waals surface area contributed by atoms with Crippen molar-refractivity contribution in [2.45, 2.75) is 13.5 Å². The van der Waals surface area contributed by atoms with Crippen LogP contribution in [0.1, 0.15) is 33.2 Å². The van der Waals surface area contributed by atoms with Crippen LogP contribution in [0.3, 0.4) is 0 Å². The van der Waals surface area contributed by atoms with Crippen LogP contribution < -0.4 is 15.4 Å². The first-order chi connectivity index (χ1) is 14.0. The molecular weight excluding hydrogens is 373 g/mol.